The molecule has 12 heteroatoms. The van der Waals surface area contributed by atoms with Crippen molar-refractivity contribution in [2.75, 3.05) is 20.3 Å². The van der Waals surface area contributed by atoms with Crippen LogP contribution in [0.5, 0.6) is 11.5 Å². The Labute approximate surface area is 241 Å². The Bertz CT molecular complexity index is 1450. The lowest BCUT2D eigenvalue weighted by molar-refractivity contribution is -0.131. The van der Waals surface area contributed by atoms with Crippen LogP contribution in [0.3, 0.4) is 0 Å². The second kappa shape index (κ2) is 13.5. The van der Waals surface area contributed by atoms with Gasteiger partial charge in [0.25, 0.3) is 5.91 Å². The largest absolute Gasteiger partial charge is 0.496 e. The summed E-state index contributed by atoms with van der Waals surface area (Å²) in [6.07, 6.45) is 0.670. The number of H-pyrrole nitrogens is 1. The smallest absolute Gasteiger partial charge is 0.268 e. The molecule has 2 aromatic carbocycles. The molecule has 0 aliphatic carbocycles. The van der Waals surface area contributed by atoms with Crippen LogP contribution >= 0.6 is 0 Å². The fourth-order valence-electron chi connectivity index (χ4n) is 4.93. The van der Waals surface area contributed by atoms with Gasteiger partial charge >= 0.3 is 0 Å². The quantitative estimate of drug-likeness (QED) is 0.243. The van der Waals surface area contributed by atoms with Crippen LogP contribution in [0.25, 0.3) is 10.9 Å². The Hall–Kier alpha value is -4.48. The maximum absolute atomic E-state index is 14.0. The van der Waals surface area contributed by atoms with Crippen LogP contribution in [0.1, 0.15) is 43.6 Å². The molecule has 3 atom stereocenters. The number of benzene rings is 2. The highest BCUT2D eigenvalue weighted by molar-refractivity contribution is 6.02. The van der Waals surface area contributed by atoms with Crippen molar-refractivity contribution in [2.45, 2.75) is 45.2 Å². The van der Waals surface area contributed by atoms with Gasteiger partial charge in [0.1, 0.15) is 24.1 Å². The number of ether oxygens (including phenoxy) is 2. The van der Waals surface area contributed by atoms with Crippen LogP contribution in [0.15, 0.2) is 42.5 Å². The molecule has 4 N–H and O–H groups in total. The van der Waals surface area contributed by atoms with E-state index >= 15 is 0 Å². The summed E-state index contributed by atoms with van der Waals surface area (Å²) in [7, 11) is 1.52. The number of rotatable bonds is 13. The number of methoxy groups -OCH3 is 1. The van der Waals surface area contributed by atoms with Gasteiger partial charge in [-0.3, -0.25) is 19.2 Å². The number of aromatic nitrogens is 1. The van der Waals surface area contributed by atoms with Crippen molar-refractivity contribution in [1.29, 1.82) is 0 Å². The number of carbonyl (C=O) groups excluding carboxylic acids is 4. The number of amides is 3. The summed E-state index contributed by atoms with van der Waals surface area (Å²) in [5, 5.41) is 8.78. The molecule has 0 saturated carbocycles. The Morgan fingerprint density at radius 3 is 2.40 bits per heavy atom. The van der Waals surface area contributed by atoms with E-state index in [1.54, 1.807) is 24.3 Å². The third-order valence-corrected chi connectivity index (χ3v) is 7.08. The number of Topliss-reactive ketones (excluding diaryl/α,β-unsaturated/α-hetero) is 1. The molecule has 1 aliphatic heterocycles. The first-order valence-electron chi connectivity index (χ1n) is 13.7. The molecule has 4 rings (SSSR count). The average Bonchev–Trinajstić information content (AvgIpc) is 3.57. The molecule has 1 saturated heterocycles. The summed E-state index contributed by atoms with van der Waals surface area (Å²) in [6, 6.07) is 7.88. The van der Waals surface area contributed by atoms with Crippen molar-refractivity contribution >= 4 is 34.4 Å². The van der Waals surface area contributed by atoms with E-state index in [0.29, 0.717) is 29.6 Å². The highest BCUT2D eigenvalue weighted by Crippen LogP contribution is 2.26. The Balaban J connectivity index is 1.51. The highest BCUT2D eigenvalue weighted by atomic mass is 19.1. The van der Waals surface area contributed by atoms with Crippen LogP contribution < -0.4 is 25.4 Å². The molecule has 2 heterocycles. The molecular formula is C30H34F2N4O6. The van der Waals surface area contributed by atoms with Crippen LogP contribution in [-0.2, 0) is 14.4 Å². The number of halogens is 2. The molecule has 42 heavy (non-hydrogen) atoms. The van der Waals surface area contributed by atoms with Gasteiger partial charge < -0.3 is 30.4 Å². The van der Waals surface area contributed by atoms with Crippen molar-refractivity contribution in [3.8, 4) is 11.5 Å². The molecule has 0 bridgehead atoms. The van der Waals surface area contributed by atoms with Gasteiger partial charge in [-0.05, 0) is 55.5 Å². The zero-order chi connectivity index (χ0) is 30.4. The van der Waals surface area contributed by atoms with E-state index in [1.165, 1.54) is 7.11 Å². The number of hydrogen-bond acceptors (Lipinski definition) is 6. The normalized spacial score (nSPS) is 16.1. The lowest BCUT2D eigenvalue weighted by atomic mass is 9.95. The predicted octanol–water partition coefficient (Wildman–Crippen LogP) is 3.26. The molecule has 1 aromatic heterocycles. The maximum atomic E-state index is 14.0. The number of nitrogens with one attached hydrogen (secondary N) is 4. The Kier molecular flexibility index (Phi) is 9.76. The lowest BCUT2D eigenvalue weighted by Crippen LogP contribution is -2.53. The van der Waals surface area contributed by atoms with Crippen molar-refractivity contribution < 1.29 is 37.4 Å². The van der Waals surface area contributed by atoms with Crippen LogP contribution in [-0.4, -0.2) is 60.8 Å². The molecule has 0 spiro atoms. The van der Waals surface area contributed by atoms with Gasteiger partial charge in [-0.1, -0.05) is 26.0 Å². The number of aromatic amines is 1. The summed E-state index contributed by atoms with van der Waals surface area (Å²) in [6.45, 7) is 3.44. The number of para-hydroxylation sites is 1. The van der Waals surface area contributed by atoms with Gasteiger partial charge in [-0.15, -0.1) is 0 Å². The summed E-state index contributed by atoms with van der Waals surface area (Å²) < 4.78 is 38.6. The molecule has 0 unspecified atom stereocenters. The molecule has 224 valence electrons. The van der Waals surface area contributed by atoms with Gasteiger partial charge in [0.15, 0.2) is 23.2 Å². The summed E-state index contributed by atoms with van der Waals surface area (Å²) in [4.78, 5) is 55.2. The van der Waals surface area contributed by atoms with Gasteiger partial charge in [0, 0.05) is 23.4 Å². The fraction of sp³-hybridized carbons (Fsp3) is 0.400. The van der Waals surface area contributed by atoms with Crippen molar-refractivity contribution in [3.05, 3.63) is 59.8 Å². The van der Waals surface area contributed by atoms with E-state index in [-0.39, 0.29) is 30.4 Å². The minimum Gasteiger partial charge on any atom is -0.496 e. The molecule has 3 amide bonds. The summed E-state index contributed by atoms with van der Waals surface area (Å²) >= 11 is 0. The zero-order valence-electron chi connectivity index (χ0n) is 23.6. The second-order valence-corrected chi connectivity index (χ2v) is 10.6. The van der Waals surface area contributed by atoms with E-state index in [9.17, 15) is 28.0 Å². The van der Waals surface area contributed by atoms with E-state index in [0.717, 1.165) is 18.2 Å². The van der Waals surface area contributed by atoms with Gasteiger partial charge in [0.2, 0.25) is 11.8 Å². The third kappa shape index (κ3) is 7.23. The van der Waals surface area contributed by atoms with E-state index in [2.05, 4.69) is 20.9 Å². The SMILES string of the molecule is COc1cccc2[nH]c(C(=O)N[C@@H](CC(C)C)C(=O)N[C@@H](C[C@@H]3CCNC3=O)C(=O)COc3c(F)cccc3F)cc12. The molecule has 10 nitrogen and oxygen atoms in total. The minimum absolute atomic E-state index is 0.00835. The number of fused-ring (bicyclic) bond motifs is 1. The van der Waals surface area contributed by atoms with Crippen LogP contribution in [0.2, 0.25) is 0 Å². The predicted molar refractivity (Wildman–Crippen MR) is 150 cm³/mol. The monoisotopic (exact) mass is 584 g/mol. The molecular weight excluding hydrogens is 550 g/mol. The topological polar surface area (TPSA) is 139 Å². The number of carbonyl (C=O) groups is 4. The lowest BCUT2D eigenvalue weighted by Gasteiger charge is -2.25. The van der Waals surface area contributed by atoms with E-state index in [4.69, 9.17) is 9.47 Å². The maximum Gasteiger partial charge on any atom is 0.268 e. The summed E-state index contributed by atoms with van der Waals surface area (Å²) in [5.74, 6) is -4.77. The van der Waals surface area contributed by atoms with Gasteiger partial charge in [0.05, 0.1) is 13.2 Å². The van der Waals surface area contributed by atoms with E-state index < -0.39 is 59.6 Å². The van der Waals surface area contributed by atoms with Gasteiger partial charge in [-0.25, -0.2) is 8.78 Å². The van der Waals surface area contributed by atoms with Crippen LogP contribution in [0.4, 0.5) is 8.78 Å². The van der Waals surface area contributed by atoms with Crippen molar-refractivity contribution in [3.63, 3.8) is 0 Å². The number of hydrogen-bond donors (Lipinski definition) is 4. The van der Waals surface area contributed by atoms with Crippen molar-refractivity contribution in [2.24, 2.45) is 11.8 Å². The van der Waals surface area contributed by atoms with E-state index in [1.807, 2.05) is 13.8 Å². The van der Waals surface area contributed by atoms with Crippen LogP contribution in [0, 0.1) is 23.5 Å². The average molecular weight is 585 g/mol. The molecule has 0 radical (unpaired) electrons. The zero-order valence-corrected chi connectivity index (χ0v) is 23.6. The van der Waals surface area contributed by atoms with Crippen molar-refractivity contribution in [1.82, 2.24) is 20.9 Å². The minimum atomic E-state index is -1.20. The molecule has 1 aliphatic rings. The fourth-order valence-corrected chi connectivity index (χ4v) is 4.93. The molecule has 3 aromatic rings. The number of ketones is 1. The Morgan fingerprint density at radius 1 is 1.05 bits per heavy atom. The third-order valence-electron chi connectivity index (χ3n) is 7.08. The first-order chi connectivity index (χ1) is 20.1. The summed E-state index contributed by atoms with van der Waals surface area (Å²) in [5.41, 5.74) is 0.891. The highest BCUT2D eigenvalue weighted by Gasteiger charge is 2.34. The van der Waals surface area contributed by atoms with Gasteiger partial charge in [-0.2, -0.15) is 0 Å². The second-order valence-electron chi connectivity index (χ2n) is 10.6. The Morgan fingerprint density at radius 2 is 1.76 bits per heavy atom. The first kappa shape index (κ1) is 30.5. The first-order valence-corrected chi connectivity index (χ1v) is 13.7. The standard InChI is InChI=1S/C30H34F2N4O6/c1-16(2)12-23(36-30(40)24-14-18-21(34-24)8-5-9-26(18)41-3)29(39)35-22(13-17-10-11-33-28(17)38)25(37)15-42-27-19(31)6-4-7-20(27)32/h4-9,14,16-17,22-23,34H,10-13,15H2,1-3H3,(H,33,38)(H,35,39)(H,36,40)/t17-,22-,23-/m0/s1. The molecule has 1 fully saturated rings.